The van der Waals surface area contributed by atoms with Crippen LogP contribution in [0.5, 0.6) is 0 Å². The van der Waals surface area contributed by atoms with Gasteiger partial charge in [0.1, 0.15) is 0 Å². The third kappa shape index (κ3) is 1.28. The van der Waals surface area contributed by atoms with Crippen molar-refractivity contribution in [2.45, 2.75) is 6.42 Å². The third-order valence-electron chi connectivity index (χ3n) is 3.67. The number of hydrogen-bond donors (Lipinski definition) is 0. The molecule has 0 N–H and O–H groups in total. The average molecular weight is 231 g/mol. The molecule has 0 atom stereocenters. The molecule has 4 rings (SSSR count). The van der Waals surface area contributed by atoms with Crippen molar-refractivity contribution in [1.82, 2.24) is 0 Å². The van der Waals surface area contributed by atoms with E-state index in [-0.39, 0.29) is 0 Å². The van der Waals surface area contributed by atoms with Crippen molar-refractivity contribution >= 4 is 17.5 Å². The summed E-state index contributed by atoms with van der Waals surface area (Å²) in [5.41, 5.74) is 6.65. The highest BCUT2D eigenvalue weighted by Gasteiger charge is 2.22. The normalized spacial score (nSPS) is 15.6. The summed E-state index contributed by atoms with van der Waals surface area (Å²) in [6, 6.07) is 17.2. The molecule has 0 bridgehead atoms. The Morgan fingerprint density at radius 1 is 0.889 bits per heavy atom. The minimum Gasteiger partial charge on any atom is -0.317 e. The summed E-state index contributed by atoms with van der Waals surface area (Å²) in [5, 5.41) is 0. The maximum absolute atomic E-state index is 2.32. The number of nitrogens with zero attached hydrogens (tertiary/aromatic N) is 1. The summed E-state index contributed by atoms with van der Waals surface area (Å²) in [5.74, 6) is 0. The van der Waals surface area contributed by atoms with E-state index in [1.807, 2.05) is 0 Å². The second-order valence-electron chi connectivity index (χ2n) is 4.70. The van der Waals surface area contributed by atoms with Crippen LogP contribution in [-0.4, -0.2) is 0 Å². The van der Waals surface area contributed by atoms with Crippen molar-refractivity contribution in [1.29, 1.82) is 0 Å². The molecule has 2 aromatic rings. The number of rotatable bonds is 0. The number of anilines is 1. The lowest BCUT2D eigenvalue weighted by Gasteiger charge is -2.33. The van der Waals surface area contributed by atoms with Crippen LogP contribution in [0.1, 0.15) is 16.7 Å². The van der Waals surface area contributed by atoms with E-state index < -0.39 is 0 Å². The van der Waals surface area contributed by atoms with Gasteiger partial charge in [0.05, 0.1) is 0 Å². The van der Waals surface area contributed by atoms with Gasteiger partial charge in [0.15, 0.2) is 0 Å². The Morgan fingerprint density at radius 3 is 2.72 bits per heavy atom. The van der Waals surface area contributed by atoms with Gasteiger partial charge >= 0.3 is 0 Å². The Morgan fingerprint density at radius 2 is 1.72 bits per heavy atom. The molecule has 0 aliphatic carbocycles. The zero-order chi connectivity index (χ0) is 11.9. The molecule has 0 saturated heterocycles. The number of para-hydroxylation sites is 1. The minimum absolute atomic E-state index is 1.02. The first-order valence-corrected chi connectivity index (χ1v) is 6.28. The highest BCUT2D eigenvalue weighted by Crippen LogP contribution is 2.38. The van der Waals surface area contributed by atoms with Crippen LogP contribution in [-0.2, 0) is 6.42 Å². The minimum atomic E-state index is 1.02. The van der Waals surface area contributed by atoms with Gasteiger partial charge in [-0.05, 0) is 29.7 Å². The van der Waals surface area contributed by atoms with Crippen LogP contribution in [0.4, 0.5) is 5.69 Å². The molecule has 0 amide bonds. The van der Waals surface area contributed by atoms with Crippen molar-refractivity contribution in [2.75, 3.05) is 4.90 Å². The number of fused-ring (bicyclic) bond motifs is 5. The molecule has 2 aliphatic rings. The molecule has 1 nitrogen and oxygen atoms in total. The average Bonchev–Trinajstić information content (AvgIpc) is 2.46. The smallest absolute Gasteiger partial charge is 0.0497 e. The van der Waals surface area contributed by atoms with Crippen molar-refractivity contribution < 1.29 is 0 Å². The van der Waals surface area contributed by atoms with Gasteiger partial charge in [-0.1, -0.05) is 48.5 Å². The molecule has 0 saturated carbocycles. The quantitative estimate of drug-likeness (QED) is 0.660. The number of benzene rings is 2. The first-order chi connectivity index (χ1) is 8.93. The van der Waals surface area contributed by atoms with E-state index in [2.05, 4.69) is 71.8 Å². The van der Waals surface area contributed by atoms with E-state index >= 15 is 0 Å². The Hall–Kier alpha value is -2.28. The fourth-order valence-corrected chi connectivity index (χ4v) is 2.78. The van der Waals surface area contributed by atoms with Gasteiger partial charge in [0.2, 0.25) is 0 Å². The van der Waals surface area contributed by atoms with Crippen LogP contribution in [0, 0.1) is 0 Å². The summed E-state index contributed by atoms with van der Waals surface area (Å²) in [4.78, 5) is 2.29. The first kappa shape index (κ1) is 9.72. The van der Waals surface area contributed by atoms with Gasteiger partial charge in [-0.2, -0.15) is 0 Å². The van der Waals surface area contributed by atoms with Gasteiger partial charge in [-0.25, -0.2) is 0 Å². The molecule has 18 heavy (non-hydrogen) atoms. The van der Waals surface area contributed by atoms with E-state index in [9.17, 15) is 0 Å². The topological polar surface area (TPSA) is 3.24 Å². The molecule has 2 aliphatic heterocycles. The monoisotopic (exact) mass is 231 g/mol. The van der Waals surface area contributed by atoms with E-state index in [0.717, 1.165) is 6.42 Å². The SMILES string of the molecule is C1=CN2C(=CCc3ccccc32)c2ccccc21. The predicted molar refractivity (Wildman–Crippen MR) is 76.1 cm³/mol. The third-order valence-corrected chi connectivity index (χ3v) is 3.67. The second kappa shape index (κ2) is 3.61. The lowest BCUT2D eigenvalue weighted by Crippen LogP contribution is -2.22. The van der Waals surface area contributed by atoms with E-state index in [1.165, 1.54) is 28.1 Å². The van der Waals surface area contributed by atoms with Crippen LogP contribution < -0.4 is 4.90 Å². The number of hydrogen-bond acceptors (Lipinski definition) is 1. The molecule has 0 aromatic heterocycles. The fraction of sp³-hybridized carbons (Fsp3) is 0.0588. The second-order valence-corrected chi connectivity index (χ2v) is 4.70. The van der Waals surface area contributed by atoms with Crippen molar-refractivity contribution in [3.8, 4) is 0 Å². The Bertz CT molecular complexity index is 680. The van der Waals surface area contributed by atoms with Crippen molar-refractivity contribution in [3.63, 3.8) is 0 Å². The molecule has 0 unspecified atom stereocenters. The van der Waals surface area contributed by atoms with Gasteiger partial charge < -0.3 is 4.90 Å². The molecule has 2 heterocycles. The van der Waals surface area contributed by atoms with Crippen LogP contribution in [0.25, 0.3) is 11.8 Å². The molecule has 86 valence electrons. The largest absolute Gasteiger partial charge is 0.317 e. The summed E-state index contributed by atoms with van der Waals surface area (Å²) in [6.45, 7) is 0. The standard InChI is InChI=1S/C17H13N/c1-3-7-15-13(5-1)11-12-18-16-8-4-2-6-14(16)9-10-17(15)18/h1-8,10-12H,9H2. The Labute approximate surface area is 107 Å². The number of allylic oxidation sites excluding steroid dienone is 1. The molecule has 0 fully saturated rings. The van der Waals surface area contributed by atoms with Crippen LogP contribution in [0.15, 0.2) is 60.8 Å². The van der Waals surface area contributed by atoms with Gasteiger partial charge in [0.25, 0.3) is 0 Å². The highest BCUT2D eigenvalue weighted by atomic mass is 15.1. The Balaban J connectivity index is 1.93. The predicted octanol–water partition coefficient (Wildman–Crippen LogP) is 4.07. The zero-order valence-electron chi connectivity index (χ0n) is 10.0. The van der Waals surface area contributed by atoms with Crippen molar-refractivity contribution in [3.05, 3.63) is 77.5 Å². The van der Waals surface area contributed by atoms with Crippen LogP contribution in [0.3, 0.4) is 0 Å². The molecular weight excluding hydrogens is 218 g/mol. The van der Waals surface area contributed by atoms with E-state index in [0.29, 0.717) is 0 Å². The lowest BCUT2D eigenvalue weighted by molar-refractivity contribution is 1.14. The first-order valence-electron chi connectivity index (χ1n) is 6.28. The summed E-state index contributed by atoms with van der Waals surface area (Å²) >= 11 is 0. The van der Waals surface area contributed by atoms with Crippen molar-refractivity contribution in [2.24, 2.45) is 0 Å². The fourth-order valence-electron chi connectivity index (χ4n) is 2.78. The van der Waals surface area contributed by atoms with Gasteiger partial charge in [-0.15, -0.1) is 0 Å². The summed E-state index contributed by atoms with van der Waals surface area (Å²) in [6.07, 6.45) is 7.70. The summed E-state index contributed by atoms with van der Waals surface area (Å²) in [7, 11) is 0. The maximum Gasteiger partial charge on any atom is 0.0497 e. The summed E-state index contributed by atoms with van der Waals surface area (Å²) < 4.78 is 0. The molecule has 0 radical (unpaired) electrons. The van der Waals surface area contributed by atoms with E-state index in [1.54, 1.807) is 0 Å². The molecule has 1 heteroatoms. The zero-order valence-corrected chi connectivity index (χ0v) is 10.0. The lowest BCUT2D eigenvalue weighted by atomic mass is 9.94. The maximum atomic E-state index is 2.32. The highest BCUT2D eigenvalue weighted by molar-refractivity contribution is 5.92. The van der Waals surface area contributed by atoms with Gasteiger partial charge in [0, 0.05) is 23.1 Å². The van der Waals surface area contributed by atoms with Crippen LogP contribution >= 0.6 is 0 Å². The van der Waals surface area contributed by atoms with Gasteiger partial charge in [-0.3, -0.25) is 0 Å². The van der Waals surface area contributed by atoms with Crippen LogP contribution in [0.2, 0.25) is 0 Å². The molecular formula is C17H13N. The molecule has 2 aromatic carbocycles. The van der Waals surface area contributed by atoms with E-state index in [4.69, 9.17) is 0 Å². The Kier molecular flexibility index (Phi) is 1.95. The molecule has 0 spiro atoms.